The monoisotopic (exact) mass is 381 g/mol. The Morgan fingerprint density at radius 3 is 2.67 bits per heavy atom. The summed E-state index contributed by atoms with van der Waals surface area (Å²) in [7, 11) is 1.56. The lowest BCUT2D eigenvalue weighted by Crippen LogP contribution is -2.40. The number of rotatable bonds is 4. The van der Waals surface area contributed by atoms with Gasteiger partial charge in [-0.2, -0.15) is 0 Å². The summed E-state index contributed by atoms with van der Waals surface area (Å²) in [4.78, 5) is 22.8. The van der Waals surface area contributed by atoms with Crippen LogP contribution >= 0.6 is 0 Å². The van der Waals surface area contributed by atoms with Gasteiger partial charge in [0.25, 0.3) is 5.91 Å². The topological polar surface area (TPSA) is 70.2 Å². The summed E-state index contributed by atoms with van der Waals surface area (Å²) in [5.41, 5.74) is 1.76. The van der Waals surface area contributed by atoms with E-state index in [2.05, 4.69) is 25.5 Å². The second-order valence-electron chi connectivity index (χ2n) is 7.74. The van der Waals surface area contributed by atoms with E-state index in [1.54, 1.807) is 7.05 Å². The van der Waals surface area contributed by atoms with Gasteiger partial charge in [-0.25, -0.2) is 18.7 Å². The Kier molecular flexibility index (Phi) is 5.93. The third-order valence-electron chi connectivity index (χ3n) is 5.71. The Morgan fingerprint density at radius 1 is 1.15 bits per heavy atom. The molecule has 1 saturated heterocycles. The Morgan fingerprint density at radius 2 is 1.93 bits per heavy atom. The van der Waals surface area contributed by atoms with Gasteiger partial charge in [-0.15, -0.1) is 0 Å². The zero-order valence-corrected chi connectivity index (χ0v) is 16.3. The minimum absolute atomic E-state index is 0.00362. The summed E-state index contributed by atoms with van der Waals surface area (Å²) in [6.07, 6.45) is 2.81. The average Bonchev–Trinajstić information content (AvgIpc) is 3.01. The summed E-state index contributed by atoms with van der Waals surface area (Å²) >= 11 is 0. The van der Waals surface area contributed by atoms with Crippen LogP contribution in [0.4, 0.5) is 14.6 Å². The molecular formula is C19H29F2N5O. The number of aromatic nitrogens is 2. The Hall–Kier alpha value is -1.83. The maximum absolute atomic E-state index is 13.6. The number of hydrogen-bond donors (Lipinski definition) is 2. The molecule has 1 saturated carbocycles. The van der Waals surface area contributed by atoms with Crippen LogP contribution < -0.4 is 15.5 Å². The SMILES string of the molecule is CNC(=O)c1nc(C)c(C)c(N2CC[C@@H](NC3CCCC(F)(F)CC3)C2)n1. The van der Waals surface area contributed by atoms with Gasteiger partial charge in [0, 0.05) is 56.3 Å². The third-order valence-corrected chi connectivity index (χ3v) is 5.71. The highest BCUT2D eigenvalue weighted by molar-refractivity contribution is 5.90. The first-order valence-corrected chi connectivity index (χ1v) is 9.75. The minimum atomic E-state index is -2.51. The van der Waals surface area contributed by atoms with Crippen molar-refractivity contribution in [3.8, 4) is 0 Å². The zero-order valence-electron chi connectivity index (χ0n) is 16.3. The average molecular weight is 381 g/mol. The van der Waals surface area contributed by atoms with Crippen LogP contribution in [0.25, 0.3) is 0 Å². The molecule has 0 aromatic carbocycles. The molecule has 2 heterocycles. The maximum Gasteiger partial charge on any atom is 0.288 e. The predicted molar refractivity (Wildman–Crippen MR) is 100 cm³/mol. The van der Waals surface area contributed by atoms with E-state index >= 15 is 0 Å². The molecule has 1 aliphatic carbocycles. The molecular weight excluding hydrogens is 352 g/mol. The second-order valence-corrected chi connectivity index (χ2v) is 7.74. The zero-order chi connectivity index (χ0) is 19.6. The van der Waals surface area contributed by atoms with E-state index in [9.17, 15) is 13.6 Å². The van der Waals surface area contributed by atoms with Gasteiger partial charge in [0.15, 0.2) is 0 Å². The molecule has 0 spiro atoms. The summed E-state index contributed by atoms with van der Waals surface area (Å²) in [5, 5.41) is 6.15. The van der Waals surface area contributed by atoms with Crippen LogP contribution in [-0.2, 0) is 0 Å². The molecule has 2 atom stereocenters. The van der Waals surface area contributed by atoms with E-state index in [0.29, 0.717) is 12.8 Å². The number of nitrogens with one attached hydrogen (secondary N) is 2. The van der Waals surface area contributed by atoms with Crippen molar-refractivity contribution in [2.75, 3.05) is 25.0 Å². The van der Waals surface area contributed by atoms with Crippen LogP contribution in [0.15, 0.2) is 0 Å². The van der Waals surface area contributed by atoms with Crippen LogP contribution in [0.1, 0.15) is 60.4 Å². The Labute approximate surface area is 159 Å². The number of carbonyl (C=O) groups excluding carboxylic acids is 1. The summed E-state index contributed by atoms with van der Waals surface area (Å²) in [6, 6.07) is 0.401. The minimum Gasteiger partial charge on any atom is -0.355 e. The van der Waals surface area contributed by atoms with Crippen molar-refractivity contribution in [1.29, 1.82) is 0 Å². The van der Waals surface area contributed by atoms with Gasteiger partial charge in [0.05, 0.1) is 0 Å². The lowest BCUT2D eigenvalue weighted by molar-refractivity contribution is -0.0144. The van der Waals surface area contributed by atoms with E-state index < -0.39 is 5.92 Å². The molecule has 1 aliphatic heterocycles. The number of hydrogen-bond acceptors (Lipinski definition) is 5. The number of nitrogens with zero attached hydrogens (tertiary/aromatic N) is 3. The molecule has 1 aromatic rings. The molecule has 1 aromatic heterocycles. The largest absolute Gasteiger partial charge is 0.355 e. The summed E-state index contributed by atoms with van der Waals surface area (Å²) < 4.78 is 27.1. The molecule has 2 aliphatic rings. The van der Waals surface area contributed by atoms with Crippen molar-refractivity contribution in [2.45, 2.75) is 70.4 Å². The standard InChI is InChI=1S/C19H29F2N5O/c1-12-13(2)23-16(18(27)22-3)25-17(12)26-10-7-15(11-26)24-14-5-4-8-19(20,21)9-6-14/h14-15,24H,4-11H2,1-3H3,(H,22,27)/t14?,15-/m1/s1. The van der Waals surface area contributed by atoms with Crippen LogP contribution in [0, 0.1) is 13.8 Å². The second kappa shape index (κ2) is 8.04. The molecule has 0 bridgehead atoms. The molecule has 1 unspecified atom stereocenters. The fraction of sp³-hybridized carbons (Fsp3) is 0.737. The van der Waals surface area contributed by atoms with Gasteiger partial charge >= 0.3 is 0 Å². The summed E-state index contributed by atoms with van der Waals surface area (Å²) in [5.74, 6) is -1.84. The van der Waals surface area contributed by atoms with Crippen LogP contribution in [-0.4, -0.2) is 54.0 Å². The highest BCUT2D eigenvalue weighted by atomic mass is 19.3. The van der Waals surface area contributed by atoms with Crippen molar-refractivity contribution in [2.24, 2.45) is 0 Å². The first kappa shape index (κ1) is 19.9. The number of alkyl halides is 2. The number of halogens is 2. The lowest BCUT2D eigenvalue weighted by atomic mass is 10.1. The molecule has 150 valence electrons. The Bertz CT molecular complexity index is 697. The van der Waals surface area contributed by atoms with Crippen LogP contribution in [0.2, 0.25) is 0 Å². The van der Waals surface area contributed by atoms with Gasteiger partial charge in [-0.05, 0) is 39.5 Å². The molecule has 27 heavy (non-hydrogen) atoms. The van der Waals surface area contributed by atoms with Crippen LogP contribution in [0.3, 0.4) is 0 Å². The number of aryl methyl sites for hydroxylation is 1. The normalized spacial score (nSPS) is 25.3. The smallest absolute Gasteiger partial charge is 0.288 e. The van der Waals surface area contributed by atoms with Gasteiger partial charge in [-0.3, -0.25) is 4.79 Å². The lowest BCUT2D eigenvalue weighted by Gasteiger charge is -2.24. The highest BCUT2D eigenvalue weighted by Crippen LogP contribution is 2.32. The van der Waals surface area contributed by atoms with Crippen molar-refractivity contribution in [3.63, 3.8) is 0 Å². The molecule has 2 N–H and O–H groups in total. The van der Waals surface area contributed by atoms with Crippen molar-refractivity contribution in [3.05, 3.63) is 17.1 Å². The first-order chi connectivity index (χ1) is 12.8. The van der Waals surface area contributed by atoms with Crippen LogP contribution in [0.5, 0.6) is 0 Å². The fourth-order valence-corrected chi connectivity index (χ4v) is 3.99. The number of amides is 1. The highest BCUT2D eigenvalue weighted by Gasteiger charge is 2.34. The van der Waals surface area contributed by atoms with Gasteiger partial charge in [0.1, 0.15) is 5.82 Å². The third kappa shape index (κ3) is 4.72. The molecule has 1 amide bonds. The van der Waals surface area contributed by atoms with E-state index in [0.717, 1.165) is 43.0 Å². The van der Waals surface area contributed by atoms with E-state index in [1.807, 2.05) is 13.8 Å². The molecule has 2 fully saturated rings. The number of carbonyl (C=O) groups is 1. The van der Waals surface area contributed by atoms with Gasteiger partial charge in [0.2, 0.25) is 11.7 Å². The quantitative estimate of drug-likeness (QED) is 0.785. The van der Waals surface area contributed by atoms with Crippen molar-refractivity contribution >= 4 is 11.7 Å². The van der Waals surface area contributed by atoms with E-state index in [-0.39, 0.29) is 36.7 Å². The van der Waals surface area contributed by atoms with Crippen molar-refractivity contribution in [1.82, 2.24) is 20.6 Å². The molecule has 3 rings (SSSR count). The first-order valence-electron chi connectivity index (χ1n) is 9.75. The predicted octanol–water partition coefficient (Wildman–Crippen LogP) is 2.59. The molecule has 8 heteroatoms. The Balaban J connectivity index is 1.66. The van der Waals surface area contributed by atoms with Crippen molar-refractivity contribution < 1.29 is 13.6 Å². The van der Waals surface area contributed by atoms with Gasteiger partial charge < -0.3 is 15.5 Å². The number of anilines is 1. The molecule has 0 radical (unpaired) electrons. The fourth-order valence-electron chi connectivity index (χ4n) is 3.99. The van der Waals surface area contributed by atoms with E-state index in [1.165, 1.54) is 0 Å². The molecule has 6 nitrogen and oxygen atoms in total. The van der Waals surface area contributed by atoms with E-state index in [4.69, 9.17) is 0 Å². The maximum atomic E-state index is 13.6. The summed E-state index contributed by atoms with van der Waals surface area (Å²) in [6.45, 7) is 5.43. The van der Waals surface area contributed by atoms with Gasteiger partial charge in [-0.1, -0.05) is 0 Å².